The van der Waals surface area contributed by atoms with E-state index in [0.717, 1.165) is 25.3 Å². The molecule has 1 aromatic carbocycles. The van der Waals surface area contributed by atoms with Crippen molar-refractivity contribution in [3.8, 4) is 0 Å². The maximum Gasteiger partial charge on any atom is 0.153 e. The molecule has 0 aromatic heterocycles. The van der Waals surface area contributed by atoms with E-state index >= 15 is 0 Å². The van der Waals surface area contributed by atoms with Crippen LogP contribution < -0.4 is 10.6 Å². The van der Waals surface area contributed by atoms with Crippen LogP contribution >= 0.6 is 0 Å². The average Bonchev–Trinajstić information content (AvgIpc) is 2.98. The van der Waals surface area contributed by atoms with E-state index in [2.05, 4.69) is 0 Å². The van der Waals surface area contributed by atoms with Crippen molar-refractivity contribution < 1.29 is 21.9 Å². The Hall–Kier alpha value is -1.41. The molecule has 5 nitrogen and oxygen atoms in total. The standard InChI is InChI=1S/C10H12F2N2O2S.C4H8O/c11-8-5-7(13)6-9(12)10(8)14-1-3-17(15,16)4-2-14;1-2-4-5-3-1/h5-6H,1-4,13H2;1-4H2. The second-order valence-corrected chi connectivity index (χ2v) is 7.60. The molecular weight excluding hydrogens is 314 g/mol. The number of anilines is 2. The van der Waals surface area contributed by atoms with Gasteiger partial charge in [-0.3, -0.25) is 0 Å². The normalized spacial score (nSPS) is 20.4. The van der Waals surface area contributed by atoms with Crippen LogP contribution in [0, 0.1) is 11.6 Å². The molecule has 2 aliphatic rings. The lowest BCUT2D eigenvalue weighted by Crippen LogP contribution is -2.41. The number of nitrogens with zero attached hydrogens (tertiary/aromatic N) is 1. The van der Waals surface area contributed by atoms with Gasteiger partial charge in [0.1, 0.15) is 5.69 Å². The SMILES string of the molecule is C1CCOC1.Nc1cc(F)c(N2CCS(=O)(=O)CC2)c(F)c1. The van der Waals surface area contributed by atoms with Gasteiger partial charge in [0.05, 0.1) is 11.5 Å². The maximum atomic E-state index is 13.6. The van der Waals surface area contributed by atoms with E-state index in [-0.39, 0.29) is 36.0 Å². The van der Waals surface area contributed by atoms with Crippen LogP contribution in [0.4, 0.5) is 20.2 Å². The van der Waals surface area contributed by atoms with Crippen LogP contribution in [0.15, 0.2) is 12.1 Å². The Balaban J connectivity index is 0.000000299. The summed E-state index contributed by atoms with van der Waals surface area (Å²) in [6.45, 7) is 2.19. The molecule has 124 valence electrons. The van der Waals surface area contributed by atoms with E-state index in [1.807, 2.05) is 0 Å². The van der Waals surface area contributed by atoms with Gasteiger partial charge in [0.2, 0.25) is 0 Å². The number of benzene rings is 1. The monoisotopic (exact) mass is 334 g/mol. The van der Waals surface area contributed by atoms with Crippen LogP contribution in [0.5, 0.6) is 0 Å². The van der Waals surface area contributed by atoms with Crippen LogP contribution in [-0.4, -0.2) is 46.2 Å². The quantitative estimate of drug-likeness (QED) is 0.790. The fourth-order valence-corrected chi connectivity index (χ4v) is 3.53. The van der Waals surface area contributed by atoms with E-state index in [9.17, 15) is 17.2 Å². The minimum Gasteiger partial charge on any atom is -0.399 e. The van der Waals surface area contributed by atoms with Crippen LogP contribution in [0.25, 0.3) is 0 Å². The molecule has 1 aromatic rings. The summed E-state index contributed by atoms with van der Waals surface area (Å²) in [5.74, 6) is -1.70. The van der Waals surface area contributed by atoms with Gasteiger partial charge in [0.25, 0.3) is 0 Å². The second-order valence-electron chi connectivity index (χ2n) is 5.29. The summed E-state index contributed by atoms with van der Waals surface area (Å²) in [4.78, 5) is 1.39. The summed E-state index contributed by atoms with van der Waals surface area (Å²) in [6, 6.07) is 2.06. The minimum atomic E-state index is -3.07. The molecule has 0 saturated carbocycles. The van der Waals surface area contributed by atoms with Gasteiger partial charge in [0.15, 0.2) is 21.5 Å². The Bertz CT molecular complexity index is 574. The summed E-state index contributed by atoms with van der Waals surface area (Å²) >= 11 is 0. The van der Waals surface area contributed by atoms with E-state index in [0.29, 0.717) is 0 Å². The van der Waals surface area contributed by atoms with Gasteiger partial charge in [-0.05, 0) is 25.0 Å². The van der Waals surface area contributed by atoms with Gasteiger partial charge in [-0.1, -0.05) is 0 Å². The number of rotatable bonds is 1. The van der Waals surface area contributed by atoms with Crippen molar-refractivity contribution in [1.29, 1.82) is 0 Å². The summed E-state index contributed by atoms with van der Waals surface area (Å²) in [7, 11) is -3.07. The van der Waals surface area contributed by atoms with Gasteiger partial charge in [-0.15, -0.1) is 0 Å². The van der Waals surface area contributed by atoms with Gasteiger partial charge in [-0.2, -0.15) is 0 Å². The Morgan fingerprint density at radius 3 is 1.95 bits per heavy atom. The van der Waals surface area contributed by atoms with Crippen LogP contribution in [0.2, 0.25) is 0 Å². The topological polar surface area (TPSA) is 72.6 Å². The van der Waals surface area contributed by atoms with Crippen LogP contribution in [0.3, 0.4) is 0 Å². The highest BCUT2D eigenvalue weighted by atomic mass is 32.2. The zero-order valence-electron chi connectivity index (χ0n) is 12.2. The second kappa shape index (κ2) is 7.23. The van der Waals surface area contributed by atoms with Gasteiger partial charge >= 0.3 is 0 Å². The number of nitrogen functional groups attached to an aromatic ring is 1. The predicted molar refractivity (Wildman–Crippen MR) is 81.7 cm³/mol. The van der Waals surface area contributed by atoms with Crippen LogP contribution in [-0.2, 0) is 14.6 Å². The molecule has 0 atom stereocenters. The number of ether oxygens (including phenoxy) is 1. The Morgan fingerprint density at radius 1 is 1.05 bits per heavy atom. The third kappa shape index (κ3) is 4.54. The minimum absolute atomic E-state index is 0.00776. The number of hydrogen-bond donors (Lipinski definition) is 1. The van der Waals surface area contributed by atoms with Crippen molar-refractivity contribution >= 4 is 21.2 Å². The third-order valence-corrected chi connectivity index (χ3v) is 5.14. The molecule has 0 spiro atoms. The zero-order valence-corrected chi connectivity index (χ0v) is 13.0. The van der Waals surface area contributed by atoms with E-state index in [4.69, 9.17) is 10.5 Å². The molecule has 0 aliphatic carbocycles. The summed E-state index contributed by atoms with van der Waals surface area (Å²) in [5, 5.41) is 0. The highest BCUT2D eigenvalue weighted by Crippen LogP contribution is 2.27. The molecule has 0 bridgehead atoms. The Kier molecular flexibility index (Phi) is 5.57. The van der Waals surface area contributed by atoms with E-state index in [1.54, 1.807) is 0 Å². The summed E-state index contributed by atoms with van der Waals surface area (Å²) in [6.07, 6.45) is 2.56. The van der Waals surface area contributed by atoms with E-state index < -0.39 is 21.5 Å². The molecule has 2 saturated heterocycles. The van der Waals surface area contributed by atoms with Crippen molar-refractivity contribution in [2.75, 3.05) is 48.4 Å². The summed E-state index contributed by atoms with van der Waals surface area (Å²) in [5.41, 5.74) is 5.11. The first kappa shape index (κ1) is 17.0. The third-order valence-electron chi connectivity index (χ3n) is 3.53. The molecule has 2 heterocycles. The van der Waals surface area contributed by atoms with Crippen molar-refractivity contribution in [2.45, 2.75) is 12.8 Å². The molecular formula is C14H20F2N2O3S. The molecule has 8 heteroatoms. The number of halogens is 2. The number of nitrogens with two attached hydrogens (primary N) is 1. The van der Waals surface area contributed by atoms with Crippen molar-refractivity contribution in [3.05, 3.63) is 23.8 Å². The Morgan fingerprint density at radius 2 is 1.55 bits per heavy atom. The predicted octanol–water partition coefficient (Wildman–Crippen LogP) is 1.58. The van der Waals surface area contributed by atoms with Crippen molar-refractivity contribution in [1.82, 2.24) is 0 Å². The van der Waals surface area contributed by atoms with Crippen LogP contribution in [0.1, 0.15) is 12.8 Å². The van der Waals surface area contributed by atoms with Gasteiger partial charge in [-0.25, -0.2) is 17.2 Å². The maximum absolute atomic E-state index is 13.6. The fourth-order valence-electron chi connectivity index (χ4n) is 2.33. The largest absolute Gasteiger partial charge is 0.399 e. The zero-order chi connectivity index (χ0) is 16.2. The van der Waals surface area contributed by atoms with Gasteiger partial charge < -0.3 is 15.4 Å². The summed E-state index contributed by atoms with van der Waals surface area (Å²) < 4.78 is 54.5. The fraction of sp³-hybridized carbons (Fsp3) is 0.571. The van der Waals surface area contributed by atoms with Crippen molar-refractivity contribution in [2.24, 2.45) is 0 Å². The average molecular weight is 334 g/mol. The first-order chi connectivity index (χ1) is 10.4. The first-order valence-electron chi connectivity index (χ1n) is 7.17. The number of sulfone groups is 1. The number of hydrogen-bond acceptors (Lipinski definition) is 5. The molecule has 3 rings (SSSR count). The molecule has 22 heavy (non-hydrogen) atoms. The van der Waals surface area contributed by atoms with E-state index in [1.165, 1.54) is 17.7 Å². The molecule has 0 amide bonds. The lowest BCUT2D eigenvalue weighted by Gasteiger charge is -2.29. The molecule has 2 aliphatic heterocycles. The molecule has 2 fully saturated rings. The molecule has 0 unspecified atom stereocenters. The smallest absolute Gasteiger partial charge is 0.153 e. The first-order valence-corrected chi connectivity index (χ1v) is 8.99. The van der Waals surface area contributed by atoms with Gasteiger partial charge in [0, 0.05) is 32.0 Å². The Labute approximate surface area is 129 Å². The molecule has 2 N–H and O–H groups in total. The highest BCUT2D eigenvalue weighted by Gasteiger charge is 2.25. The van der Waals surface area contributed by atoms with Crippen molar-refractivity contribution in [3.63, 3.8) is 0 Å². The lowest BCUT2D eigenvalue weighted by molar-refractivity contribution is 0.198. The molecule has 0 radical (unpaired) electrons. The lowest BCUT2D eigenvalue weighted by atomic mass is 10.2. The highest BCUT2D eigenvalue weighted by molar-refractivity contribution is 7.91.